The van der Waals surface area contributed by atoms with Gasteiger partial charge in [0.25, 0.3) is 0 Å². The van der Waals surface area contributed by atoms with Gasteiger partial charge in [-0.3, -0.25) is 0 Å². The molecule has 0 fully saturated rings. The highest BCUT2D eigenvalue weighted by Crippen LogP contribution is 2.40. The molecule has 6 nitrogen and oxygen atoms in total. The highest BCUT2D eigenvalue weighted by atomic mass is 35.5. The van der Waals surface area contributed by atoms with E-state index >= 15 is 0 Å². The van der Waals surface area contributed by atoms with E-state index in [1.807, 2.05) is 42.7 Å². The number of hydrogen-bond donors (Lipinski definition) is 1. The fourth-order valence-corrected chi connectivity index (χ4v) is 3.93. The quantitative estimate of drug-likeness (QED) is 0.323. The maximum absolute atomic E-state index is 11.7. The van der Waals surface area contributed by atoms with Crippen molar-refractivity contribution in [1.29, 1.82) is 0 Å². The summed E-state index contributed by atoms with van der Waals surface area (Å²) < 4.78 is 17.7. The van der Waals surface area contributed by atoms with Crippen LogP contribution >= 0.6 is 11.6 Å². The molecule has 2 aromatic carbocycles. The number of hydrogen-bond acceptors (Lipinski definition) is 5. The van der Waals surface area contributed by atoms with Crippen LogP contribution in [0.3, 0.4) is 0 Å². The van der Waals surface area contributed by atoms with Gasteiger partial charge in [-0.15, -0.1) is 0 Å². The van der Waals surface area contributed by atoms with Crippen LogP contribution in [0.2, 0.25) is 5.02 Å². The molecule has 1 heterocycles. The van der Waals surface area contributed by atoms with E-state index in [4.69, 9.17) is 25.8 Å². The number of aromatic nitrogens is 1. The Labute approximate surface area is 204 Å². The molecule has 34 heavy (non-hydrogen) atoms. The lowest BCUT2D eigenvalue weighted by molar-refractivity contribution is -0.134. The van der Waals surface area contributed by atoms with Gasteiger partial charge in [0.15, 0.2) is 11.5 Å². The molecule has 1 atom stereocenters. The van der Waals surface area contributed by atoms with Crippen LogP contribution in [0.25, 0.3) is 17.8 Å². The molecule has 0 spiro atoms. The van der Waals surface area contributed by atoms with E-state index < -0.39 is 12.1 Å². The minimum atomic E-state index is -1.07. The maximum atomic E-state index is 11.7. The van der Waals surface area contributed by atoms with Crippen molar-refractivity contribution in [3.05, 3.63) is 87.7 Å². The van der Waals surface area contributed by atoms with Crippen LogP contribution in [0.4, 0.5) is 0 Å². The summed E-state index contributed by atoms with van der Waals surface area (Å²) >= 11 is 6.36. The fraction of sp³-hybridized carbons (Fsp3) is 0.222. The highest BCUT2D eigenvalue weighted by molar-refractivity contribution is 6.30. The van der Waals surface area contributed by atoms with Crippen molar-refractivity contribution in [1.82, 2.24) is 4.57 Å². The molecule has 0 bridgehead atoms. The van der Waals surface area contributed by atoms with E-state index in [-0.39, 0.29) is 0 Å². The number of halogens is 1. The van der Waals surface area contributed by atoms with Gasteiger partial charge < -0.3 is 23.9 Å². The molecule has 0 aliphatic carbocycles. The molecule has 1 N–H and O–H groups in total. The van der Waals surface area contributed by atoms with Gasteiger partial charge in [0, 0.05) is 33.6 Å². The van der Waals surface area contributed by atoms with Crippen molar-refractivity contribution in [3.63, 3.8) is 0 Å². The Bertz CT molecular complexity index is 1240. The molecule has 3 rings (SSSR count). The summed E-state index contributed by atoms with van der Waals surface area (Å²) in [6.45, 7) is 4.00. The number of para-hydroxylation sites is 1. The second-order valence-corrected chi connectivity index (χ2v) is 8.22. The SMILES string of the molecule is COC(=O)C=Cc1ccc(C=C(C)C)n1-c1ccc(Cl)cc1C(O)c1cccc(OC)c1OC. The molecule has 7 heteroatoms. The van der Waals surface area contributed by atoms with Crippen molar-refractivity contribution in [2.75, 3.05) is 21.3 Å². The van der Waals surface area contributed by atoms with Crippen LogP contribution in [-0.2, 0) is 9.53 Å². The average molecular weight is 482 g/mol. The molecular formula is C27H28ClNO5. The predicted octanol–water partition coefficient (Wildman–Crippen LogP) is 5.84. The minimum absolute atomic E-state index is 0.436. The molecule has 3 aromatic rings. The molecule has 1 aromatic heterocycles. The van der Waals surface area contributed by atoms with Crippen molar-refractivity contribution in [3.8, 4) is 17.2 Å². The number of aliphatic hydroxyl groups is 1. The summed E-state index contributed by atoms with van der Waals surface area (Å²) in [5.41, 5.74) is 4.49. The van der Waals surface area contributed by atoms with E-state index in [0.717, 1.165) is 17.0 Å². The number of allylic oxidation sites excluding steroid dienone is 1. The van der Waals surface area contributed by atoms with Gasteiger partial charge in [-0.25, -0.2) is 4.79 Å². The summed E-state index contributed by atoms with van der Waals surface area (Å²) in [6, 6.07) is 14.5. The van der Waals surface area contributed by atoms with Gasteiger partial charge in [0.2, 0.25) is 0 Å². The number of methoxy groups -OCH3 is 3. The second kappa shape index (κ2) is 11.1. The topological polar surface area (TPSA) is 69.9 Å². The fourth-order valence-electron chi connectivity index (χ4n) is 3.75. The monoisotopic (exact) mass is 481 g/mol. The van der Waals surface area contributed by atoms with Gasteiger partial charge in [-0.2, -0.15) is 0 Å². The first-order chi connectivity index (χ1) is 16.3. The van der Waals surface area contributed by atoms with E-state index in [1.54, 1.807) is 43.5 Å². The number of esters is 1. The zero-order chi connectivity index (χ0) is 24.8. The molecule has 0 radical (unpaired) electrons. The predicted molar refractivity (Wildman–Crippen MR) is 135 cm³/mol. The molecular weight excluding hydrogens is 454 g/mol. The molecule has 1 unspecified atom stereocenters. The third-order valence-corrected chi connectivity index (χ3v) is 5.46. The summed E-state index contributed by atoms with van der Waals surface area (Å²) in [5.74, 6) is 0.482. The average Bonchev–Trinajstić information content (AvgIpc) is 3.22. The maximum Gasteiger partial charge on any atom is 0.330 e. The number of ether oxygens (including phenoxy) is 3. The standard InChI is InChI=1S/C27H28ClNO5/c1-17(2)15-20-11-10-19(12-14-25(30)33-4)29(20)23-13-9-18(28)16-22(23)26(31)21-7-6-8-24(32-3)27(21)34-5/h6-16,26,31H,1-5H3. The van der Waals surface area contributed by atoms with Crippen molar-refractivity contribution in [2.24, 2.45) is 0 Å². The highest BCUT2D eigenvalue weighted by Gasteiger charge is 2.23. The van der Waals surface area contributed by atoms with Gasteiger partial charge in [0.05, 0.1) is 27.0 Å². The normalized spacial score (nSPS) is 11.9. The van der Waals surface area contributed by atoms with Crippen LogP contribution in [0.5, 0.6) is 11.5 Å². The molecule has 0 amide bonds. The Morgan fingerprint density at radius 2 is 1.74 bits per heavy atom. The summed E-state index contributed by atoms with van der Waals surface area (Å²) in [4.78, 5) is 11.7. The number of aliphatic hydroxyl groups excluding tert-OH is 1. The van der Waals surface area contributed by atoms with Crippen LogP contribution in [0, 0.1) is 0 Å². The lowest BCUT2D eigenvalue weighted by Gasteiger charge is -2.22. The number of benzene rings is 2. The van der Waals surface area contributed by atoms with Crippen LogP contribution in [0.1, 0.15) is 42.5 Å². The van der Waals surface area contributed by atoms with Gasteiger partial charge in [-0.05, 0) is 62.4 Å². The number of nitrogens with zero attached hydrogens (tertiary/aromatic N) is 1. The van der Waals surface area contributed by atoms with E-state index in [1.165, 1.54) is 20.3 Å². The van der Waals surface area contributed by atoms with Crippen molar-refractivity contribution >= 4 is 29.7 Å². The first-order valence-electron chi connectivity index (χ1n) is 10.6. The molecule has 0 saturated carbocycles. The number of carbonyl (C=O) groups excluding carboxylic acids is 1. The summed E-state index contributed by atoms with van der Waals surface area (Å²) in [6.07, 6.45) is 3.98. The Morgan fingerprint density at radius 1 is 1.00 bits per heavy atom. The smallest absolute Gasteiger partial charge is 0.330 e. The van der Waals surface area contributed by atoms with E-state index in [2.05, 4.69) is 0 Å². The number of rotatable bonds is 8. The van der Waals surface area contributed by atoms with Crippen LogP contribution in [-0.4, -0.2) is 37.0 Å². The van der Waals surface area contributed by atoms with Gasteiger partial charge >= 0.3 is 5.97 Å². The minimum Gasteiger partial charge on any atom is -0.493 e. The number of carbonyl (C=O) groups is 1. The Morgan fingerprint density at radius 3 is 2.38 bits per heavy atom. The molecule has 0 aliphatic heterocycles. The molecule has 0 aliphatic rings. The van der Waals surface area contributed by atoms with Gasteiger partial charge in [-0.1, -0.05) is 29.3 Å². The van der Waals surface area contributed by atoms with Crippen molar-refractivity contribution < 1.29 is 24.1 Å². The van der Waals surface area contributed by atoms with E-state index in [9.17, 15) is 9.90 Å². The molecule has 178 valence electrons. The third-order valence-electron chi connectivity index (χ3n) is 5.22. The van der Waals surface area contributed by atoms with E-state index in [0.29, 0.717) is 33.3 Å². The second-order valence-electron chi connectivity index (χ2n) is 7.79. The van der Waals surface area contributed by atoms with Crippen LogP contribution < -0.4 is 9.47 Å². The Hall–Kier alpha value is -3.48. The Balaban J connectivity index is 2.26. The van der Waals surface area contributed by atoms with Crippen molar-refractivity contribution in [2.45, 2.75) is 20.0 Å². The summed E-state index contributed by atoms with van der Waals surface area (Å²) in [5, 5.41) is 12.0. The first-order valence-corrected chi connectivity index (χ1v) is 11.0. The zero-order valence-electron chi connectivity index (χ0n) is 19.8. The Kier molecular flexibility index (Phi) is 8.21. The zero-order valence-corrected chi connectivity index (χ0v) is 20.6. The van der Waals surface area contributed by atoms with Crippen LogP contribution in [0.15, 0.2) is 60.2 Å². The first kappa shape index (κ1) is 25.1. The largest absolute Gasteiger partial charge is 0.493 e. The lowest BCUT2D eigenvalue weighted by Crippen LogP contribution is -2.10. The molecule has 0 saturated heterocycles. The lowest BCUT2D eigenvalue weighted by atomic mass is 9.98. The summed E-state index contributed by atoms with van der Waals surface area (Å²) in [7, 11) is 4.40. The third kappa shape index (κ3) is 5.35. The van der Waals surface area contributed by atoms with Gasteiger partial charge in [0.1, 0.15) is 6.10 Å².